The van der Waals surface area contributed by atoms with Crippen molar-refractivity contribution in [3.8, 4) is 22.5 Å². The van der Waals surface area contributed by atoms with Crippen LogP contribution in [0.25, 0.3) is 22.5 Å². The smallest absolute Gasteiger partial charge is 0.354 e. The molecule has 2 aliphatic carbocycles. The molecule has 7 nitrogen and oxygen atoms in total. The zero-order chi connectivity index (χ0) is 23.4. The highest BCUT2D eigenvalue weighted by Gasteiger charge is 2.41. The first-order valence-electron chi connectivity index (χ1n) is 11.6. The lowest BCUT2D eigenvalue weighted by molar-refractivity contribution is 0.0681. The predicted octanol–water partition coefficient (Wildman–Crippen LogP) is 3.57. The number of hydrogen-bond donors (Lipinski definition) is 3. The molecule has 1 fully saturated rings. The van der Waals surface area contributed by atoms with Gasteiger partial charge in [-0.3, -0.25) is 9.67 Å². The van der Waals surface area contributed by atoms with E-state index in [1.54, 1.807) is 4.68 Å². The van der Waals surface area contributed by atoms with E-state index >= 15 is 0 Å². The number of hydrogen-bond acceptors (Lipinski definition) is 5. The monoisotopic (exact) mass is 445 g/mol. The van der Waals surface area contributed by atoms with E-state index < -0.39 is 5.97 Å². The highest BCUT2D eigenvalue weighted by atomic mass is 16.4. The molecule has 0 unspecified atom stereocenters. The third-order valence-electron chi connectivity index (χ3n) is 6.80. The van der Waals surface area contributed by atoms with Crippen LogP contribution in [0, 0.1) is 0 Å². The fraction of sp³-hybridized carbons (Fsp3) is 0.423. The normalized spacial score (nSPS) is 16.2. The van der Waals surface area contributed by atoms with E-state index in [9.17, 15) is 9.90 Å². The van der Waals surface area contributed by atoms with Gasteiger partial charge in [-0.2, -0.15) is 5.10 Å². The number of aromatic nitrogens is 3. The molecule has 0 aliphatic heterocycles. The van der Waals surface area contributed by atoms with Crippen LogP contribution < -0.4 is 11.5 Å². The van der Waals surface area contributed by atoms with Gasteiger partial charge in [0.1, 0.15) is 5.69 Å². The van der Waals surface area contributed by atoms with Gasteiger partial charge in [0.15, 0.2) is 0 Å². The Hall–Kier alpha value is -3.03. The van der Waals surface area contributed by atoms with Crippen LogP contribution in [0.2, 0.25) is 0 Å². The van der Waals surface area contributed by atoms with Crippen molar-refractivity contribution < 1.29 is 9.90 Å². The average molecular weight is 446 g/mol. The number of carboxylic acid groups (broad SMARTS) is 1. The molecule has 2 aromatic heterocycles. The lowest BCUT2D eigenvalue weighted by Gasteiger charge is -2.18. The molecule has 0 amide bonds. The predicted molar refractivity (Wildman–Crippen MR) is 128 cm³/mol. The number of benzene rings is 1. The molecule has 7 heteroatoms. The van der Waals surface area contributed by atoms with Gasteiger partial charge in [-0.15, -0.1) is 0 Å². The van der Waals surface area contributed by atoms with E-state index in [4.69, 9.17) is 21.5 Å². The van der Waals surface area contributed by atoms with Gasteiger partial charge in [0.05, 0.1) is 17.9 Å². The summed E-state index contributed by atoms with van der Waals surface area (Å²) in [7, 11) is 0. The molecule has 2 heterocycles. The minimum absolute atomic E-state index is 0.183. The Morgan fingerprint density at radius 2 is 1.94 bits per heavy atom. The highest BCUT2D eigenvalue weighted by molar-refractivity contribution is 5.91. The largest absolute Gasteiger partial charge is 0.477 e. The molecule has 172 valence electrons. The Bertz CT molecular complexity index is 1220. The Morgan fingerprint density at radius 1 is 1.21 bits per heavy atom. The minimum atomic E-state index is -0.943. The van der Waals surface area contributed by atoms with Crippen molar-refractivity contribution in [2.75, 3.05) is 0 Å². The molecule has 0 saturated heterocycles. The van der Waals surface area contributed by atoms with E-state index in [1.807, 2.05) is 26.1 Å². The second kappa shape index (κ2) is 7.78. The first kappa shape index (κ1) is 21.8. The highest BCUT2D eigenvalue weighted by Crippen LogP contribution is 2.39. The molecule has 3 aromatic rings. The van der Waals surface area contributed by atoms with Gasteiger partial charge in [0.25, 0.3) is 0 Å². The molecule has 5 N–H and O–H groups in total. The van der Waals surface area contributed by atoms with Gasteiger partial charge in [0, 0.05) is 34.0 Å². The quantitative estimate of drug-likeness (QED) is 0.511. The Labute approximate surface area is 193 Å². The van der Waals surface area contributed by atoms with Crippen LogP contribution in [0.4, 0.5) is 0 Å². The van der Waals surface area contributed by atoms with Crippen molar-refractivity contribution in [2.45, 2.75) is 70.0 Å². The molecule has 33 heavy (non-hydrogen) atoms. The van der Waals surface area contributed by atoms with E-state index in [2.05, 4.69) is 24.3 Å². The van der Waals surface area contributed by atoms with Gasteiger partial charge >= 0.3 is 5.97 Å². The third kappa shape index (κ3) is 4.43. The number of nitrogens with two attached hydrogens (primary N) is 2. The Morgan fingerprint density at radius 3 is 2.58 bits per heavy atom. The van der Waals surface area contributed by atoms with Gasteiger partial charge in [-0.25, -0.2) is 4.79 Å². The molecule has 0 atom stereocenters. The van der Waals surface area contributed by atoms with Crippen LogP contribution in [0.15, 0.2) is 36.5 Å². The molecular weight excluding hydrogens is 414 g/mol. The number of aryl methyl sites for hydroxylation is 2. The second-order valence-corrected chi connectivity index (χ2v) is 10.4. The van der Waals surface area contributed by atoms with E-state index in [0.29, 0.717) is 13.0 Å². The lowest BCUT2D eigenvalue weighted by Crippen LogP contribution is -2.32. The fourth-order valence-electron chi connectivity index (χ4n) is 4.55. The summed E-state index contributed by atoms with van der Waals surface area (Å²) in [5.74, 6) is -0.943. The van der Waals surface area contributed by atoms with Crippen LogP contribution in [0.1, 0.15) is 60.3 Å². The van der Waals surface area contributed by atoms with Crippen LogP contribution in [0.5, 0.6) is 0 Å². The summed E-state index contributed by atoms with van der Waals surface area (Å²) in [5, 5.41) is 14.7. The maximum absolute atomic E-state index is 12.1. The second-order valence-electron chi connectivity index (χ2n) is 10.4. The minimum Gasteiger partial charge on any atom is -0.477 e. The first-order valence-corrected chi connectivity index (χ1v) is 11.6. The van der Waals surface area contributed by atoms with Crippen molar-refractivity contribution in [1.82, 2.24) is 14.8 Å². The van der Waals surface area contributed by atoms with Crippen LogP contribution >= 0.6 is 0 Å². The van der Waals surface area contributed by atoms with E-state index in [-0.39, 0.29) is 16.8 Å². The number of rotatable bonds is 7. The van der Waals surface area contributed by atoms with Gasteiger partial charge in [-0.05, 0) is 69.6 Å². The van der Waals surface area contributed by atoms with Crippen molar-refractivity contribution >= 4 is 5.97 Å². The summed E-state index contributed by atoms with van der Waals surface area (Å²) in [4.78, 5) is 16.8. The molecule has 0 spiro atoms. The van der Waals surface area contributed by atoms with E-state index in [0.717, 1.165) is 65.7 Å². The molecular formula is C26H31N5O2. The number of fused-ring (bicyclic) bond motifs is 3. The maximum atomic E-state index is 12.1. The summed E-state index contributed by atoms with van der Waals surface area (Å²) in [6, 6.07) is 10.5. The van der Waals surface area contributed by atoms with Crippen molar-refractivity contribution in [3.05, 3.63) is 58.9 Å². The summed E-state index contributed by atoms with van der Waals surface area (Å²) >= 11 is 0. The first-order chi connectivity index (χ1) is 15.6. The number of carboxylic acids is 1. The Kier molecular flexibility index (Phi) is 5.14. The number of carbonyl (C=O) groups is 1. The zero-order valence-corrected chi connectivity index (χ0v) is 19.3. The fourth-order valence-corrected chi connectivity index (χ4v) is 4.55. The lowest BCUT2D eigenvalue weighted by atomic mass is 9.89. The van der Waals surface area contributed by atoms with Crippen molar-refractivity contribution in [2.24, 2.45) is 11.5 Å². The van der Waals surface area contributed by atoms with Crippen molar-refractivity contribution in [3.63, 3.8) is 0 Å². The molecule has 0 bridgehead atoms. The van der Waals surface area contributed by atoms with Gasteiger partial charge in [0.2, 0.25) is 0 Å². The third-order valence-corrected chi connectivity index (χ3v) is 6.80. The molecule has 5 rings (SSSR count). The number of aromatic carboxylic acids is 1. The number of nitrogens with zero attached hydrogens (tertiary/aromatic N) is 3. The summed E-state index contributed by atoms with van der Waals surface area (Å²) < 4.78 is 1.61. The number of pyridine rings is 1. The van der Waals surface area contributed by atoms with Crippen LogP contribution in [0.3, 0.4) is 0 Å². The molecule has 1 aromatic carbocycles. The summed E-state index contributed by atoms with van der Waals surface area (Å²) in [6.45, 7) is 4.53. The van der Waals surface area contributed by atoms with Gasteiger partial charge < -0.3 is 16.6 Å². The molecule has 1 saturated carbocycles. The zero-order valence-electron chi connectivity index (χ0n) is 19.3. The topological polar surface area (TPSA) is 120 Å². The average Bonchev–Trinajstić information content (AvgIpc) is 3.37. The Balaban J connectivity index is 1.48. The van der Waals surface area contributed by atoms with Crippen LogP contribution in [-0.4, -0.2) is 36.9 Å². The SMILES string of the molecule is CC(C)(N)CCc1ccc(-c2cc3c(cn2)CCc2c-3nn(CC3(N)CC3)c2C(=O)O)cc1. The van der Waals surface area contributed by atoms with Crippen LogP contribution in [-0.2, 0) is 25.8 Å². The maximum Gasteiger partial charge on any atom is 0.354 e. The molecule has 0 radical (unpaired) electrons. The molecule has 2 aliphatic rings. The summed E-state index contributed by atoms with van der Waals surface area (Å²) in [6.07, 6.45) is 6.97. The van der Waals surface area contributed by atoms with E-state index in [1.165, 1.54) is 5.56 Å². The standard InChI is InChI=1S/C26H31N5O2/c1-25(2,27)10-9-16-3-5-17(6-4-16)21-13-20-18(14-29-21)7-8-19-22(20)30-31(23(19)24(32)33)15-26(28)11-12-26/h3-6,13-14H,7-12,15,27-28H2,1-2H3,(H,32,33). The van der Waals surface area contributed by atoms with Gasteiger partial charge in [-0.1, -0.05) is 24.3 Å². The van der Waals surface area contributed by atoms with Crippen molar-refractivity contribution in [1.29, 1.82) is 0 Å². The summed E-state index contributed by atoms with van der Waals surface area (Å²) in [5.41, 5.74) is 18.9.